The van der Waals surface area contributed by atoms with Gasteiger partial charge >= 0.3 is 0 Å². The van der Waals surface area contributed by atoms with E-state index in [2.05, 4.69) is 127 Å². The van der Waals surface area contributed by atoms with Crippen molar-refractivity contribution in [3.8, 4) is 33.8 Å². The Kier molecular flexibility index (Phi) is 5.04. The van der Waals surface area contributed by atoms with Crippen LogP contribution in [0.3, 0.4) is 0 Å². The van der Waals surface area contributed by atoms with Gasteiger partial charge in [-0.15, -0.1) is 11.3 Å². The molecular formula is C36H22N2S. The molecule has 0 aliphatic rings. The molecule has 0 unspecified atom stereocenters. The monoisotopic (exact) mass is 514 g/mol. The van der Waals surface area contributed by atoms with Gasteiger partial charge < -0.3 is 0 Å². The quantitative estimate of drug-likeness (QED) is 0.219. The normalized spacial score (nSPS) is 11.6. The lowest BCUT2D eigenvalue weighted by atomic mass is 9.97. The van der Waals surface area contributed by atoms with Crippen molar-refractivity contribution in [1.29, 1.82) is 0 Å². The van der Waals surface area contributed by atoms with Gasteiger partial charge in [-0.25, -0.2) is 9.97 Å². The number of rotatable bonds is 3. The minimum absolute atomic E-state index is 0.754. The summed E-state index contributed by atoms with van der Waals surface area (Å²) in [7, 11) is 0. The summed E-state index contributed by atoms with van der Waals surface area (Å²) in [6, 6.07) is 47.3. The Morgan fingerprint density at radius 2 is 1.10 bits per heavy atom. The second-order valence-electron chi connectivity index (χ2n) is 9.84. The molecule has 0 spiro atoms. The van der Waals surface area contributed by atoms with Gasteiger partial charge in [0.1, 0.15) is 4.83 Å². The van der Waals surface area contributed by atoms with E-state index in [0.717, 1.165) is 32.9 Å². The third-order valence-electron chi connectivity index (χ3n) is 7.51. The van der Waals surface area contributed by atoms with Crippen LogP contribution in [0.15, 0.2) is 133 Å². The molecule has 3 heteroatoms. The summed E-state index contributed by atoms with van der Waals surface area (Å²) in [5.41, 5.74) is 5.49. The Bertz CT molecular complexity index is 2160. The number of benzene rings is 6. The van der Waals surface area contributed by atoms with Crippen LogP contribution in [-0.4, -0.2) is 9.97 Å². The molecule has 0 bridgehead atoms. The van der Waals surface area contributed by atoms with E-state index in [-0.39, 0.29) is 0 Å². The van der Waals surface area contributed by atoms with Crippen molar-refractivity contribution in [1.82, 2.24) is 9.97 Å². The van der Waals surface area contributed by atoms with Crippen molar-refractivity contribution in [2.45, 2.75) is 0 Å². The summed E-state index contributed by atoms with van der Waals surface area (Å²) in [5, 5.41) is 7.44. The standard InChI is InChI=1S/C36H22N2S/c1-2-9-25(10-3-1)34-33-31-12-6-7-13-32(31)39-36(33)38-35(37-34)26-17-14-23(15-18-26)27-20-21-30-28(22-27)19-16-24-8-4-5-11-29(24)30/h1-22H. The second-order valence-corrected chi connectivity index (χ2v) is 10.9. The van der Waals surface area contributed by atoms with Gasteiger partial charge in [0.2, 0.25) is 0 Å². The largest absolute Gasteiger partial charge is 0.227 e. The van der Waals surface area contributed by atoms with E-state index in [1.165, 1.54) is 42.8 Å². The predicted octanol–water partition coefficient (Wildman–Crippen LogP) is 10.2. The van der Waals surface area contributed by atoms with Crippen LogP contribution in [0.4, 0.5) is 0 Å². The van der Waals surface area contributed by atoms with E-state index < -0.39 is 0 Å². The summed E-state index contributed by atoms with van der Waals surface area (Å²) in [5.74, 6) is 0.754. The van der Waals surface area contributed by atoms with Crippen LogP contribution < -0.4 is 0 Å². The lowest BCUT2D eigenvalue weighted by Crippen LogP contribution is -1.93. The first kappa shape index (κ1) is 22.2. The number of aromatic nitrogens is 2. The topological polar surface area (TPSA) is 25.8 Å². The Balaban J connectivity index is 1.23. The molecule has 8 rings (SSSR count). The van der Waals surface area contributed by atoms with Crippen molar-refractivity contribution in [2.75, 3.05) is 0 Å². The van der Waals surface area contributed by atoms with Gasteiger partial charge in [0, 0.05) is 26.6 Å². The molecular weight excluding hydrogens is 492 g/mol. The minimum atomic E-state index is 0.754. The number of hydrogen-bond donors (Lipinski definition) is 0. The molecule has 0 radical (unpaired) electrons. The predicted molar refractivity (Wildman–Crippen MR) is 166 cm³/mol. The Morgan fingerprint density at radius 1 is 0.436 bits per heavy atom. The van der Waals surface area contributed by atoms with E-state index in [9.17, 15) is 0 Å². The highest BCUT2D eigenvalue weighted by atomic mass is 32.1. The van der Waals surface area contributed by atoms with E-state index in [1.807, 2.05) is 6.07 Å². The van der Waals surface area contributed by atoms with Crippen LogP contribution in [0.2, 0.25) is 0 Å². The Labute approximate surface area is 229 Å². The lowest BCUT2D eigenvalue weighted by Gasteiger charge is -2.09. The van der Waals surface area contributed by atoms with Crippen LogP contribution in [-0.2, 0) is 0 Å². The molecule has 6 aromatic carbocycles. The molecule has 182 valence electrons. The van der Waals surface area contributed by atoms with Crippen molar-refractivity contribution < 1.29 is 0 Å². The zero-order chi connectivity index (χ0) is 25.8. The van der Waals surface area contributed by atoms with Crippen molar-refractivity contribution in [3.63, 3.8) is 0 Å². The maximum absolute atomic E-state index is 5.13. The van der Waals surface area contributed by atoms with Gasteiger partial charge in [-0.1, -0.05) is 121 Å². The molecule has 0 atom stereocenters. The molecule has 0 saturated carbocycles. The molecule has 0 fully saturated rings. The molecule has 0 N–H and O–H groups in total. The fourth-order valence-electron chi connectivity index (χ4n) is 5.56. The van der Waals surface area contributed by atoms with E-state index in [1.54, 1.807) is 11.3 Å². The molecule has 8 aromatic rings. The number of thiophene rings is 1. The third-order valence-corrected chi connectivity index (χ3v) is 8.57. The maximum Gasteiger partial charge on any atom is 0.161 e. The summed E-state index contributed by atoms with van der Waals surface area (Å²) >= 11 is 1.73. The van der Waals surface area contributed by atoms with Gasteiger partial charge in [-0.3, -0.25) is 0 Å². The second kappa shape index (κ2) is 8.87. The fraction of sp³-hybridized carbons (Fsp3) is 0. The number of hydrogen-bond acceptors (Lipinski definition) is 3. The SMILES string of the molecule is c1ccc(-c2nc(-c3ccc(-c4ccc5c(ccc6ccccc65)c4)cc3)nc3sc4ccccc4c23)cc1. The molecule has 2 nitrogen and oxygen atoms in total. The van der Waals surface area contributed by atoms with Crippen molar-refractivity contribution in [2.24, 2.45) is 0 Å². The van der Waals surface area contributed by atoms with Gasteiger partial charge in [-0.05, 0) is 44.8 Å². The molecule has 0 aliphatic carbocycles. The molecule has 0 saturated heterocycles. The summed E-state index contributed by atoms with van der Waals surface area (Å²) < 4.78 is 1.23. The lowest BCUT2D eigenvalue weighted by molar-refractivity contribution is 1.24. The molecule has 2 heterocycles. The van der Waals surface area contributed by atoms with Crippen LogP contribution >= 0.6 is 11.3 Å². The fourth-order valence-corrected chi connectivity index (χ4v) is 6.64. The van der Waals surface area contributed by atoms with E-state index in [0.29, 0.717) is 0 Å². The highest BCUT2D eigenvalue weighted by Crippen LogP contribution is 2.39. The van der Waals surface area contributed by atoms with Gasteiger partial charge in [0.15, 0.2) is 5.82 Å². The van der Waals surface area contributed by atoms with E-state index in [4.69, 9.17) is 9.97 Å². The van der Waals surface area contributed by atoms with Crippen molar-refractivity contribution in [3.05, 3.63) is 133 Å². The summed E-state index contributed by atoms with van der Waals surface area (Å²) in [4.78, 5) is 11.2. The van der Waals surface area contributed by atoms with Gasteiger partial charge in [0.05, 0.1) is 5.69 Å². The van der Waals surface area contributed by atoms with Crippen LogP contribution in [0.25, 0.3) is 75.6 Å². The highest BCUT2D eigenvalue weighted by molar-refractivity contribution is 7.25. The molecule has 0 amide bonds. The van der Waals surface area contributed by atoms with Gasteiger partial charge in [-0.2, -0.15) is 0 Å². The number of nitrogens with zero attached hydrogens (tertiary/aromatic N) is 2. The molecule has 2 aromatic heterocycles. The first-order valence-electron chi connectivity index (χ1n) is 13.1. The zero-order valence-corrected chi connectivity index (χ0v) is 21.8. The van der Waals surface area contributed by atoms with Crippen LogP contribution in [0.5, 0.6) is 0 Å². The van der Waals surface area contributed by atoms with Gasteiger partial charge in [0.25, 0.3) is 0 Å². The molecule has 0 aliphatic heterocycles. The summed E-state index contributed by atoms with van der Waals surface area (Å²) in [6.07, 6.45) is 0. The highest BCUT2D eigenvalue weighted by Gasteiger charge is 2.16. The maximum atomic E-state index is 5.13. The third kappa shape index (κ3) is 3.70. The first-order valence-corrected chi connectivity index (χ1v) is 13.9. The zero-order valence-electron chi connectivity index (χ0n) is 21.0. The molecule has 39 heavy (non-hydrogen) atoms. The smallest absolute Gasteiger partial charge is 0.161 e. The van der Waals surface area contributed by atoms with Crippen molar-refractivity contribution >= 4 is 53.2 Å². The van der Waals surface area contributed by atoms with E-state index >= 15 is 0 Å². The first-order chi connectivity index (χ1) is 19.3. The average Bonchev–Trinajstić information content (AvgIpc) is 3.39. The van der Waals surface area contributed by atoms with Crippen LogP contribution in [0.1, 0.15) is 0 Å². The average molecular weight is 515 g/mol. The Morgan fingerprint density at radius 3 is 1.97 bits per heavy atom. The Hall–Kier alpha value is -4.86. The number of fused-ring (bicyclic) bond motifs is 6. The minimum Gasteiger partial charge on any atom is -0.227 e. The van der Waals surface area contributed by atoms with Crippen LogP contribution in [0, 0.1) is 0 Å². The summed E-state index contributed by atoms with van der Waals surface area (Å²) in [6.45, 7) is 0.